The molecule has 1 aliphatic heterocycles. The number of carbonyl (C=O) groups excluding carboxylic acids is 1. The molecule has 1 saturated heterocycles. The molecule has 1 heterocycles. The van der Waals surface area contributed by atoms with Crippen molar-refractivity contribution in [2.75, 3.05) is 13.1 Å². The molecule has 1 rings (SSSR count). The molecule has 86 valence electrons. The van der Waals surface area contributed by atoms with Crippen molar-refractivity contribution in [1.29, 1.82) is 0 Å². The second-order valence-corrected chi connectivity index (χ2v) is 4.64. The summed E-state index contributed by atoms with van der Waals surface area (Å²) >= 11 is 0. The molecule has 1 atom stereocenters. The number of aliphatic hydroxyl groups is 1. The van der Waals surface area contributed by atoms with Gasteiger partial charge in [-0.25, -0.2) is 0 Å². The van der Waals surface area contributed by atoms with E-state index in [9.17, 15) is 14.7 Å². The number of carboxylic acids is 1. The third-order valence-corrected chi connectivity index (χ3v) is 2.56. The highest BCUT2D eigenvalue weighted by atomic mass is 16.4. The molecule has 0 bridgehead atoms. The van der Waals surface area contributed by atoms with Crippen molar-refractivity contribution in [1.82, 2.24) is 4.90 Å². The summed E-state index contributed by atoms with van der Waals surface area (Å²) in [5.41, 5.74) is -0.818. The lowest BCUT2D eigenvalue weighted by atomic mass is 10.1. The van der Waals surface area contributed by atoms with E-state index in [1.807, 2.05) is 0 Å². The van der Waals surface area contributed by atoms with E-state index in [1.54, 1.807) is 13.8 Å². The van der Waals surface area contributed by atoms with E-state index in [1.165, 1.54) is 4.90 Å². The number of amides is 1. The minimum Gasteiger partial charge on any atom is -0.481 e. The number of carboxylic acid groups (broad SMARTS) is 1. The van der Waals surface area contributed by atoms with Crippen LogP contribution in [0.1, 0.15) is 26.7 Å². The average molecular weight is 215 g/mol. The first-order valence-electron chi connectivity index (χ1n) is 5.02. The van der Waals surface area contributed by atoms with Crippen molar-refractivity contribution in [3.05, 3.63) is 0 Å². The van der Waals surface area contributed by atoms with Crippen LogP contribution < -0.4 is 0 Å². The summed E-state index contributed by atoms with van der Waals surface area (Å²) < 4.78 is 0. The lowest BCUT2D eigenvalue weighted by molar-refractivity contribution is -0.141. The van der Waals surface area contributed by atoms with Crippen molar-refractivity contribution in [2.45, 2.75) is 32.3 Å². The van der Waals surface area contributed by atoms with Crippen LogP contribution in [0.5, 0.6) is 0 Å². The monoisotopic (exact) mass is 215 g/mol. The van der Waals surface area contributed by atoms with Gasteiger partial charge < -0.3 is 15.1 Å². The fourth-order valence-corrected chi connectivity index (χ4v) is 1.56. The van der Waals surface area contributed by atoms with Crippen LogP contribution in [0.3, 0.4) is 0 Å². The van der Waals surface area contributed by atoms with Crippen LogP contribution in [0.2, 0.25) is 0 Å². The van der Waals surface area contributed by atoms with Gasteiger partial charge in [0, 0.05) is 19.5 Å². The summed E-state index contributed by atoms with van der Waals surface area (Å²) in [6.45, 7) is 4.03. The molecule has 5 heteroatoms. The predicted molar refractivity (Wildman–Crippen MR) is 53.2 cm³/mol. The number of hydrogen-bond acceptors (Lipinski definition) is 3. The van der Waals surface area contributed by atoms with Gasteiger partial charge in [0.25, 0.3) is 0 Å². The van der Waals surface area contributed by atoms with Gasteiger partial charge in [-0.05, 0) is 20.3 Å². The van der Waals surface area contributed by atoms with E-state index in [0.717, 1.165) is 0 Å². The van der Waals surface area contributed by atoms with Gasteiger partial charge in [0.2, 0.25) is 5.91 Å². The number of nitrogens with zero attached hydrogens (tertiary/aromatic N) is 1. The van der Waals surface area contributed by atoms with Gasteiger partial charge in [0.05, 0.1) is 11.5 Å². The standard InChI is InChI=1S/C10H17NO4/c1-10(2,15)3-4-11-6-7(9(13)14)5-8(11)12/h7,15H,3-6H2,1-2H3,(H,13,14). The van der Waals surface area contributed by atoms with Crippen LogP contribution in [0.25, 0.3) is 0 Å². The summed E-state index contributed by atoms with van der Waals surface area (Å²) in [7, 11) is 0. The Kier molecular flexibility index (Phi) is 3.34. The zero-order chi connectivity index (χ0) is 11.6. The van der Waals surface area contributed by atoms with Crippen LogP contribution in [-0.2, 0) is 9.59 Å². The topological polar surface area (TPSA) is 77.8 Å². The van der Waals surface area contributed by atoms with E-state index >= 15 is 0 Å². The maximum absolute atomic E-state index is 11.4. The van der Waals surface area contributed by atoms with Crippen LogP contribution in [0.4, 0.5) is 0 Å². The highest BCUT2D eigenvalue weighted by Crippen LogP contribution is 2.19. The van der Waals surface area contributed by atoms with Crippen molar-refractivity contribution in [3.63, 3.8) is 0 Å². The van der Waals surface area contributed by atoms with Crippen molar-refractivity contribution in [3.8, 4) is 0 Å². The number of aliphatic carboxylic acids is 1. The Morgan fingerprint density at radius 1 is 1.60 bits per heavy atom. The van der Waals surface area contributed by atoms with Crippen LogP contribution in [-0.4, -0.2) is 45.7 Å². The first-order chi connectivity index (χ1) is 6.79. The van der Waals surface area contributed by atoms with E-state index < -0.39 is 17.5 Å². The van der Waals surface area contributed by atoms with Crippen molar-refractivity contribution in [2.24, 2.45) is 5.92 Å². The molecule has 0 aromatic carbocycles. The largest absolute Gasteiger partial charge is 0.481 e. The molecular formula is C10H17NO4. The molecule has 0 aromatic heterocycles. The van der Waals surface area contributed by atoms with Crippen LogP contribution in [0, 0.1) is 5.92 Å². The highest BCUT2D eigenvalue weighted by molar-refractivity contribution is 5.86. The Morgan fingerprint density at radius 2 is 2.20 bits per heavy atom. The molecule has 0 aromatic rings. The Morgan fingerprint density at radius 3 is 2.60 bits per heavy atom. The average Bonchev–Trinajstić information content (AvgIpc) is 2.42. The van der Waals surface area contributed by atoms with Crippen LogP contribution in [0.15, 0.2) is 0 Å². The Labute approximate surface area is 88.7 Å². The van der Waals surface area contributed by atoms with Gasteiger partial charge in [0.1, 0.15) is 0 Å². The van der Waals surface area contributed by atoms with Gasteiger partial charge in [0.15, 0.2) is 0 Å². The van der Waals surface area contributed by atoms with E-state index in [4.69, 9.17) is 5.11 Å². The lowest BCUT2D eigenvalue weighted by Crippen LogP contribution is -2.32. The van der Waals surface area contributed by atoms with E-state index in [-0.39, 0.29) is 18.9 Å². The number of carbonyl (C=O) groups is 2. The summed E-state index contributed by atoms with van der Waals surface area (Å²) in [6.07, 6.45) is 0.548. The number of likely N-dealkylation sites (tertiary alicyclic amines) is 1. The lowest BCUT2D eigenvalue weighted by Gasteiger charge is -2.22. The fourth-order valence-electron chi connectivity index (χ4n) is 1.56. The highest BCUT2D eigenvalue weighted by Gasteiger charge is 2.34. The zero-order valence-corrected chi connectivity index (χ0v) is 9.06. The predicted octanol–water partition coefficient (Wildman–Crippen LogP) is 0.0805. The Hall–Kier alpha value is -1.10. The smallest absolute Gasteiger partial charge is 0.308 e. The molecule has 0 radical (unpaired) electrons. The van der Waals surface area contributed by atoms with Gasteiger partial charge in [-0.1, -0.05) is 0 Å². The molecule has 0 saturated carbocycles. The maximum Gasteiger partial charge on any atom is 0.308 e. The summed E-state index contributed by atoms with van der Waals surface area (Å²) in [5.74, 6) is -1.64. The summed E-state index contributed by atoms with van der Waals surface area (Å²) in [6, 6.07) is 0. The minimum absolute atomic E-state index is 0.0845. The first kappa shape index (κ1) is 12.0. The molecule has 15 heavy (non-hydrogen) atoms. The molecule has 5 nitrogen and oxygen atoms in total. The molecule has 1 unspecified atom stereocenters. The van der Waals surface area contributed by atoms with Crippen LogP contribution >= 0.6 is 0 Å². The molecule has 1 fully saturated rings. The van der Waals surface area contributed by atoms with Gasteiger partial charge in [-0.3, -0.25) is 9.59 Å². The maximum atomic E-state index is 11.4. The first-order valence-corrected chi connectivity index (χ1v) is 5.02. The molecule has 1 amide bonds. The minimum atomic E-state index is -0.922. The molecule has 0 spiro atoms. The van der Waals surface area contributed by atoms with Gasteiger partial charge >= 0.3 is 5.97 Å². The normalized spacial score (nSPS) is 22.2. The second kappa shape index (κ2) is 4.18. The van der Waals surface area contributed by atoms with E-state index in [2.05, 4.69) is 0 Å². The molecule has 0 aliphatic carbocycles. The Bertz CT molecular complexity index is 269. The molecular weight excluding hydrogens is 198 g/mol. The van der Waals surface area contributed by atoms with Crippen molar-refractivity contribution >= 4 is 11.9 Å². The van der Waals surface area contributed by atoms with E-state index in [0.29, 0.717) is 13.0 Å². The summed E-state index contributed by atoms with van der Waals surface area (Å²) in [4.78, 5) is 23.6. The fraction of sp³-hybridized carbons (Fsp3) is 0.800. The second-order valence-electron chi connectivity index (χ2n) is 4.64. The Balaban J connectivity index is 2.45. The zero-order valence-electron chi connectivity index (χ0n) is 9.06. The quantitative estimate of drug-likeness (QED) is 0.696. The van der Waals surface area contributed by atoms with Crippen molar-refractivity contribution < 1.29 is 19.8 Å². The molecule has 2 N–H and O–H groups in total. The van der Waals surface area contributed by atoms with Gasteiger partial charge in [-0.2, -0.15) is 0 Å². The molecule has 1 aliphatic rings. The number of hydrogen-bond donors (Lipinski definition) is 2. The SMILES string of the molecule is CC(C)(O)CCN1CC(C(=O)O)CC1=O. The summed E-state index contributed by atoms with van der Waals surface area (Å²) in [5, 5.41) is 18.2. The van der Waals surface area contributed by atoms with Gasteiger partial charge in [-0.15, -0.1) is 0 Å². The number of rotatable bonds is 4. The third kappa shape index (κ3) is 3.51. The third-order valence-electron chi connectivity index (χ3n) is 2.56.